The lowest BCUT2D eigenvalue weighted by molar-refractivity contribution is -0.0819. The first-order chi connectivity index (χ1) is 4.30. The van der Waals surface area contributed by atoms with Gasteiger partial charge in [-0.2, -0.15) is 0 Å². The lowest BCUT2D eigenvalue weighted by Gasteiger charge is -2.23. The fourth-order valence-corrected chi connectivity index (χ4v) is 0.942. The van der Waals surface area contributed by atoms with Crippen LogP contribution in [0.1, 0.15) is 0 Å². The van der Waals surface area contributed by atoms with Crippen LogP contribution in [0.4, 0.5) is 0 Å². The predicted molar refractivity (Wildman–Crippen MR) is 36.1 cm³/mol. The van der Waals surface area contributed by atoms with Gasteiger partial charge in [-0.25, -0.2) is 0 Å². The number of rotatable bonds is 1. The molecule has 1 rings (SSSR count). The molecule has 0 radical (unpaired) electrons. The predicted octanol–water partition coefficient (Wildman–Crippen LogP) is 1.21. The minimum Gasteiger partial charge on any atom is -0.376 e. The molecule has 0 bridgehead atoms. The molecule has 1 aliphatic rings. The Hall–Kier alpha value is 0.500. The lowest BCUT2D eigenvalue weighted by Crippen LogP contribution is -2.33. The summed E-state index contributed by atoms with van der Waals surface area (Å²) >= 11 is 11.0. The van der Waals surface area contributed by atoms with Crippen molar-refractivity contribution in [2.24, 2.45) is 0 Å². The van der Waals surface area contributed by atoms with Crippen LogP contribution in [-0.4, -0.2) is 30.8 Å². The molecule has 1 heterocycles. The molecule has 0 spiro atoms. The van der Waals surface area contributed by atoms with Crippen LogP contribution >= 0.6 is 23.2 Å². The molecule has 0 saturated carbocycles. The molecule has 1 aliphatic heterocycles. The zero-order chi connectivity index (χ0) is 6.69. The molecular formula is C5H8Cl2O2. The van der Waals surface area contributed by atoms with Crippen molar-refractivity contribution in [2.75, 3.05) is 19.8 Å². The Labute approximate surface area is 64.0 Å². The van der Waals surface area contributed by atoms with Crippen LogP contribution in [0.5, 0.6) is 0 Å². The van der Waals surface area contributed by atoms with Crippen molar-refractivity contribution in [3.05, 3.63) is 0 Å². The Balaban J connectivity index is 2.23. The van der Waals surface area contributed by atoms with Gasteiger partial charge in [-0.15, -0.1) is 23.2 Å². The van der Waals surface area contributed by atoms with Crippen molar-refractivity contribution in [2.45, 2.75) is 10.9 Å². The lowest BCUT2D eigenvalue weighted by atomic mass is 10.4. The summed E-state index contributed by atoms with van der Waals surface area (Å²) in [5.74, 6) is 0. The third-order valence-corrected chi connectivity index (χ3v) is 1.68. The molecule has 0 aromatic heterocycles. The van der Waals surface area contributed by atoms with E-state index in [4.69, 9.17) is 32.7 Å². The van der Waals surface area contributed by atoms with E-state index < -0.39 is 4.84 Å². The molecule has 4 heteroatoms. The molecule has 0 aliphatic carbocycles. The molecule has 1 unspecified atom stereocenters. The molecule has 1 saturated heterocycles. The molecular weight excluding hydrogens is 163 g/mol. The topological polar surface area (TPSA) is 18.5 Å². The molecule has 0 amide bonds. The quantitative estimate of drug-likeness (QED) is 0.552. The van der Waals surface area contributed by atoms with Crippen LogP contribution < -0.4 is 0 Å². The highest BCUT2D eigenvalue weighted by atomic mass is 35.5. The number of hydrogen-bond acceptors (Lipinski definition) is 2. The first-order valence-electron chi connectivity index (χ1n) is 2.78. The van der Waals surface area contributed by atoms with Crippen molar-refractivity contribution in [1.29, 1.82) is 0 Å². The molecule has 0 N–H and O–H groups in total. The average molecular weight is 171 g/mol. The van der Waals surface area contributed by atoms with Crippen LogP contribution in [0.2, 0.25) is 0 Å². The summed E-state index contributed by atoms with van der Waals surface area (Å²) in [6.07, 6.45) is -0.137. The van der Waals surface area contributed by atoms with Crippen molar-refractivity contribution >= 4 is 23.2 Å². The maximum Gasteiger partial charge on any atom is 0.136 e. The van der Waals surface area contributed by atoms with Gasteiger partial charge in [-0.3, -0.25) is 0 Å². The highest BCUT2D eigenvalue weighted by Gasteiger charge is 2.20. The molecule has 2 nitrogen and oxygen atoms in total. The summed E-state index contributed by atoms with van der Waals surface area (Å²) in [4.78, 5) is -0.467. The highest BCUT2D eigenvalue weighted by molar-refractivity contribution is 6.44. The van der Waals surface area contributed by atoms with Crippen molar-refractivity contribution in [3.8, 4) is 0 Å². The van der Waals surface area contributed by atoms with Gasteiger partial charge in [-0.1, -0.05) is 0 Å². The van der Waals surface area contributed by atoms with Gasteiger partial charge in [0.15, 0.2) is 0 Å². The van der Waals surface area contributed by atoms with Crippen molar-refractivity contribution in [3.63, 3.8) is 0 Å². The second-order valence-electron chi connectivity index (χ2n) is 1.82. The summed E-state index contributed by atoms with van der Waals surface area (Å²) in [5.41, 5.74) is 0. The Morgan fingerprint density at radius 3 is 2.44 bits per heavy atom. The molecule has 1 fully saturated rings. The van der Waals surface area contributed by atoms with E-state index in [1.54, 1.807) is 0 Å². The maximum absolute atomic E-state index is 5.52. The molecule has 9 heavy (non-hydrogen) atoms. The first-order valence-corrected chi connectivity index (χ1v) is 3.65. The van der Waals surface area contributed by atoms with Gasteiger partial charge < -0.3 is 9.47 Å². The Morgan fingerprint density at radius 2 is 2.11 bits per heavy atom. The van der Waals surface area contributed by atoms with E-state index in [-0.39, 0.29) is 6.10 Å². The third-order valence-electron chi connectivity index (χ3n) is 1.12. The minimum absolute atomic E-state index is 0.137. The van der Waals surface area contributed by atoms with Crippen LogP contribution in [0.15, 0.2) is 0 Å². The van der Waals surface area contributed by atoms with E-state index in [0.29, 0.717) is 19.8 Å². The normalized spacial score (nSPS) is 29.0. The van der Waals surface area contributed by atoms with Crippen molar-refractivity contribution < 1.29 is 9.47 Å². The first kappa shape index (κ1) is 7.61. The van der Waals surface area contributed by atoms with Gasteiger partial charge in [0.05, 0.1) is 19.8 Å². The highest BCUT2D eigenvalue weighted by Crippen LogP contribution is 2.14. The van der Waals surface area contributed by atoms with Crippen LogP contribution in [0, 0.1) is 0 Å². The van der Waals surface area contributed by atoms with Crippen LogP contribution in [0.3, 0.4) is 0 Å². The fourth-order valence-electron chi connectivity index (χ4n) is 0.651. The molecule has 0 aromatic carbocycles. The number of hydrogen-bond donors (Lipinski definition) is 0. The second kappa shape index (κ2) is 3.62. The largest absolute Gasteiger partial charge is 0.376 e. The monoisotopic (exact) mass is 170 g/mol. The zero-order valence-corrected chi connectivity index (χ0v) is 6.36. The summed E-state index contributed by atoms with van der Waals surface area (Å²) in [7, 11) is 0. The van der Waals surface area contributed by atoms with Gasteiger partial charge >= 0.3 is 0 Å². The Morgan fingerprint density at radius 1 is 1.33 bits per heavy atom. The second-order valence-corrected chi connectivity index (χ2v) is 2.98. The van der Waals surface area contributed by atoms with Gasteiger partial charge in [-0.05, 0) is 0 Å². The summed E-state index contributed by atoms with van der Waals surface area (Å²) in [5, 5.41) is 0. The Bertz CT molecular complexity index is 81.0. The number of alkyl halides is 2. The number of halogens is 2. The van der Waals surface area contributed by atoms with E-state index in [0.717, 1.165) is 0 Å². The number of ether oxygens (including phenoxy) is 2. The minimum atomic E-state index is -0.467. The van der Waals surface area contributed by atoms with Gasteiger partial charge in [0.2, 0.25) is 0 Å². The standard InChI is InChI=1S/C5H8Cl2O2/c6-5(7)4-3-8-1-2-9-4/h4-5H,1-3H2. The van der Waals surface area contributed by atoms with E-state index in [9.17, 15) is 0 Å². The summed E-state index contributed by atoms with van der Waals surface area (Å²) < 4.78 is 10.2. The summed E-state index contributed by atoms with van der Waals surface area (Å²) in [6, 6.07) is 0. The fraction of sp³-hybridized carbons (Fsp3) is 1.00. The van der Waals surface area contributed by atoms with Gasteiger partial charge in [0.1, 0.15) is 10.9 Å². The molecule has 0 aromatic rings. The van der Waals surface area contributed by atoms with E-state index in [1.165, 1.54) is 0 Å². The third kappa shape index (κ3) is 2.30. The van der Waals surface area contributed by atoms with Crippen LogP contribution in [0.25, 0.3) is 0 Å². The SMILES string of the molecule is ClC(Cl)C1COCCO1. The van der Waals surface area contributed by atoms with E-state index in [1.807, 2.05) is 0 Å². The van der Waals surface area contributed by atoms with Crippen molar-refractivity contribution in [1.82, 2.24) is 0 Å². The van der Waals surface area contributed by atoms with E-state index >= 15 is 0 Å². The van der Waals surface area contributed by atoms with Gasteiger partial charge in [0.25, 0.3) is 0 Å². The maximum atomic E-state index is 5.52. The van der Waals surface area contributed by atoms with Crippen LogP contribution in [-0.2, 0) is 9.47 Å². The zero-order valence-electron chi connectivity index (χ0n) is 4.85. The smallest absolute Gasteiger partial charge is 0.136 e. The molecule has 1 atom stereocenters. The van der Waals surface area contributed by atoms with E-state index in [2.05, 4.69) is 0 Å². The average Bonchev–Trinajstić information content (AvgIpc) is 1.90. The molecule has 54 valence electrons. The summed E-state index contributed by atoms with van der Waals surface area (Å²) in [6.45, 7) is 1.76. The van der Waals surface area contributed by atoms with Gasteiger partial charge in [0, 0.05) is 0 Å². The Kier molecular flexibility index (Phi) is 3.06.